The quantitative estimate of drug-likeness (QED) is 0.0725. The maximum absolute atomic E-state index is 11.4. The Balaban J connectivity index is -0.000000711. The van der Waals surface area contributed by atoms with Crippen molar-refractivity contribution in [2.75, 3.05) is 32.1 Å². The van der Waals surface area contributed by atoms with Gasteiger partial charge in [-0.15, -0.1) is 0 Å². The third-order valence-electron chi connectivity index (χ3n) is 6.36. The van der Waals surface area contributed by atoms with Gasteiger partial charge in [0.1, 0.15) is 12.7 Å². The third kappa shape index (κ3) is 20.5. The molecular formula is C26H53NO8SSi2. The van der Waals surface area contributed by atoms with E-state index in [4.69, 9.17) is 23.8 Å². The Morgan fingerprint density at radius 1 is 0.895 bits per heavy atom. The minimum atomic E-state index is -1.77. The molecule has 0 aromatic carbocycles. The van der Waals surface area contributed by atoms with Crippen LogP contribution in [0.5, 0.6) is 0 Å². The lowest BCUT2D eigenvalue weighted by molar-refractivity contribution is -0.141. The van der Waals surface area contributed by atoms with Crippen molar-refractivity contribution in [1.29, 1.82) is 0 Å². The van der Waals surface area contributed by atoms with Gasteiger partial charge in [-0.05, 0) is 42.3 Å². The number of ether oxygens (including phenoxy) is 1. The van der Waals surface area contributed by atoms with Crippen molar-refractivity contribution in [2.24, 2.45) is 0 Å². The van der Waals surface area contributed by atoms with Crippen LogP contribution < -0.4 is 5.32 Å². The number of aliphatic carboxylic acids is 1. The van der Waals surface area contributed by atoms with E-state index < -0.39 is 28.6 Å². The monoisotopic (exact) mass is 595 g/mol. The third-order valence-corrected chi connectivity index (χ3v) is 15.9. The van der Waals surface area contributed by atoms with Gasteiger partial charge >= 0.3 is 11.9 Å². The van der Waals surface area contributed by atoms with Crippen LogP contribution in [0, 0.1) is 0 Å². The molecule has 1 amide bonds. The standard InChI is InChI=1S/C18H38O4Si2.C5H9NO2.C3H6O2S/c1-8-18(19)20-15-17(22-24(12-5,13-6)14-7)16-21-23(9-2,10-3)11-4;1-2-5(8)6-3-4-7;4-3(5)1-2-6/h8,17H,1,9-16H2,2-7H3;2,7H,1,3-4H2,(H,6,8);6H,1-2H2,(H,4,5). The summed E-state index contributed by atoms with van der Waals surface area (Å²) in [4.78, 5) is 31.2. The Morgan fingerprint density at radius 2 is 1.39 bits per heavy atom. The van der Waals surface area contributed by atoms with Crippen molar-refractivity contribution in [3.05, 3.63) is 25.3 Å². The number of nitrogens with one attached hydrogen (secondary N) is 1. The molecule has 224 valence electrons. The smallest absolute Gasteiger partial charge is 0.330 e. The molecule has 0 saturated heterocycles. The summed E-state index contributed by atoms with van der Waals surface area (Å²) in [7, 11) is -3.45. The molecule has 0 aromatic heterocycles. The summed E-state index contributed by atoms with van der Waals surface area (Å²) in [5.74, 6) is -1.01. The van der Waals surface area contributed by atoms with Crippen LogP contribution in [0.3, 0.4) is 0 Å². The normalized spacial score (nSPS) is 11.6. The number of hydrogen-bond donors (Lipinski definition) is 4. The molecule has 0 aliphatic carbocycles. The molecule has 12 heteroatoms. The van der Waals surface area contributed by atoms with E-state index in [1.165, 1.54) is 6.08 Å². The molecule has 0 radical (unpaired) electrons. The highest BCUT2D eigenvalue weighted by atomic mass is 32.1. The lowest BCUT2D eigenvalue weighted by atomic mass is 10.4. The molecule has 3 N–H and O–H groups in total. The van der Waals surface area contributed by atoms with E-state index in [1.807, 2.05) is 0 Å². The number of aliphatic hydroxyl groups excluding tert-OH is 1. The number of hydrogen-bond acceptors (Lipinski definition) is 8. The average Bonchev–Trinajstić information content (AvgIpc) is 2.94. The molecule has 0 aromatic rings. The van der Waals surface area contributed by atoms with Crippen molar-refractivity contribution < 1.29 is 38.2 Å². The van der Waals surface area contributed by atoms with Crippen LogP contribution in [0.15, 0.2) is 25.3 Å². The summed E-state index contributed by atoms with van der Waals surface area (Å²) in [6.45, 7) is 21.0. The van der Waals surface area contributed by atoms with Gasteiger partial charge < -0.3 is 29.1 Å². The van der Waals surface area contributed by atoms with Crippen molar-refractivity contribution >= 4 is 47.1 Å². The van der Waals surface area contributed by atoms with Gasteiger partial charge in [0.2, 0.25) is 5.91 Å². The molecule has 0 aliphatic heterocycles. The van der Waals surface area contributed by atoms with Gasteiger partial charge in [-0.25, -0.2) is 4.79 Å². The Labute approximate surface area is 238 Å². The molecular weight excluding hydrogens is 543 g/mol. The molecule has 0 aliphatic rings. The van der Waals surface area contributed by atoms with E-state index in [-0.39, 0.29) is 31.6 Å². The Morgan fingerprint density at radius 3 is 1.71 bits per heavy atom. The van der Waals surface area contributed by atoms with Crippen molar-refractivity contribution in [3.63, 3.8) is 0 Å². The van der Waals surface area contributed by atoms with Crippen molar-refractivity contribution in [3.8, 4) is 0 Å². The largest absolute Gasteiger partial charge is 0.481 e. The first-order chi connectivity index (χ1) is 18.0. The Bertz CT molecular complexity index is 643. The number of carboxylic acid groups (broad SMARTS) is 1. The minimum Gasteiger partial charge on any atom is -0.481 e. The van der Waals surface area contributed by atoms with Gasteiger partial charge in [-0.3, -0.25) is 9.59 Å². The highest BCUT2D eigenvalue weighted by Gasteiger charge is 2.35. The highest BCUT2D eigenvalue weighted by Crippen LogP contribution is 2.26. The van der Waals surface area contributed by atoms with Crippen LogP contribution in [0.4, 0.5) is 0 Å². The molecule has 0 bridgehead atoms. The molecule has 38 heavy (non-hydrogen) atoms. The molecule has 0 rings (SSSR count). The topological polar surface area (TPSA) is 131 Å². The van der Waals surface area contributed by atoms with E-state index in [2.05, 4.69) is 72.6 Å². The summed E-state index contributed by atoms with van der Waals surface area (Å²) in [6, 6.07) is 6.54. The van der Waals surface area contributed by atoms with Gasteiger partial charge in [0.05, 0.1) is 19.6 Å². The second-order valence-electron chi connectivity index (χ2n) is 8.46. The Hall–Kier alpha value is -1.45. The van der Waals surface area contributed by atoms with Gasteiger partial charge in [-0.1, -0.05) is 54.7 Å². The number of esters is 1. The number of rotatable bonds is 19. The molecule has 9 nitrogen and oxygen atoms in total. The summed E-state index contributed by atoms with van der Waals surface area (Å²) >= 11 is 3.68. The van der Waals surface area contributed by atoms with E-state index in [1.54, 1.807) is 0 Å². The second kappa shape index (κ2) is 25.8. The summed E-state index contributed by atoms with van der Waals surface area (Å²) in [5.41, 5.74) is 0. The van der Waals surface area contributed by atoms with Gasteiger partial charge in [0.15, 0.2) is 16.6 Å². The van der Waals surface area contributed by atoms with Gasteiger partial charge in [-0.2, -0.15) is 12.6 Å². The fourth-order valence-corrected chi connectivity index (χ4v) is 9.06. The second-order valence-corrected chi connectivity index (χ2v) is 18.4. The van der Waals surface area contributed by atoms with E-state index in [0.717, 1.165) is 42.3 Å². The minimum absolute atomic E-state index is 0.0282. The van der Waals surface area contributed by atoms with Crippen molar-refractivity contribution in [1.82, 2.24) is 5.32 Å². The van der Waals surface area contributed by atoms with Crippen LogP contribution in [-0.2, 0) is 28.0 Å². The van der Waals surface area contributed by atoms with Gasteiger partial charge in [0, 0.05) is 18.4 Å². The maximum atomic E-state index is 11.4. The van der Waals surface area contributed by atoms with Crippen LogP contribution >= 0.6 is 12.6 Å². The molecule has 1 atom stereocenters. The lowest BCUT2D eigenvalue weighted by Gasteiger charge is -2.35. The van der Waals surface area contributed by atoms with Crippen molar-refractivity contribution in [2.45, 2.75) is 90.3 Å². The first-order valence-corrected chi connectivity index (χ1v) is 19.1. The number of thiol groups is 1. The van der Waals surface area contributed by atoms with Crippen LogP contribution in [-0.4, -0.2) is 82.9 Å². The number of carboxylic acids is 1. The summed E-state index contributed by atoms with van der Waals surface area (Å²) < 4.78 is 18.2. The summed E-state index contributed by atoms with van der Waals surface area (Å²) in [5, 5.41) is 18.4. The lowest BCUT2D eigenvalue weighted by Crippen LogP contribution is -2.46. The number of amides is 1. The fraction of sp³-hybridized carbons (Fsp3) is 0.731. The first kappa shape index (κ1) is 41.0. The number of carbonyl (C=O) groups excluding carboxylic acids is 2. The van der Waals surface area contributed by atoms with Crippen LogP contribution in [0.25, 0.3) is 0 Å². The van der Waals surface area contributed by atoms with Crippen LogP contribution in [0.1, 0.15) is 48.0 Å². The highest BCUT2D eigenvalue weighted by molar-refractivity contribution is 7.80. The zero-order valence-corrected chi connectivity index (χ0v) is 27.3. The molecule has 0 heterocycles. The van der Waals surface area contributed by atoms with E-state index in [0.29, 0.717) is 18.9 Å². The van der Waals surface area contributed by atoms with E-state index >= 15 is 0 Å². The van der Waals surface area contributed by atoms with E-state index in [9.17, 15) is 14.4 Å². The first-order valence-electron chi connectivity index (χ1n) is 13.4. The van der Waals surface area contributed by atoms with Crippen LogP contribution in [0.2, 0.25) is 36.3 Å². The molecule has 0 fully saturated rings. The Kier molecular flexibility index (Phi) is 27.9. The predicted molar refractivity (Wildman–Crippen MR) is 163 cm³/mol. The number of aliphatic hydroxyl groups is 1. The average molecular weight is 596 g/mol. The predicted octanol–water partition coefficient (Wildman–Crippen LogP) is 4.80. The molecule has 0 saturated carbocycles. The molecule has 1 unspecified atom stereocenters. The zero-order valence-electron chi connectivity index (χ0n) is 24.4. The van der Waals surface area contributed by atoms with Gasteiger partial charge in [0.25, 0.3) is 0 Å². The zero-order chi connectivity index (χ0) is 30.0. The fourth-order valence-electron chi connectivity index (χ4n) is 3.38. The molecule has 0 spiro atoms. The number of carbonyl (C=O) groups is 3. The SMILES string of the molecule is C=CC(=O)NCCO.C=CC(=O)OCC(CO[Si](CC)(CC)CC)O[Si](CC)(CC)CC.O=C(O)CCS. The maximum Gasteiger partial charge on any atom is 0.330 e. The summed E-state index contributed by atoms with van der Waals surface area (Å²) in [6.07, 6.45) is 2.35.